The zero-order chi connectivity index (χ0) is 14.8. The molecule has 120 valence electrons. The molecular formula is C16H29N3O2. The zero-order valence-electron chi connectivity index (χ0n) is 13.2. The van der Waals surface area contributed by atoms with Crippen LogP contribution in [0.2, 0.25) is 0 Å². The van der Waals surface area contributed by atoms with Gasteiger partial charge in [0.05, 0.1) is 12.0 Å². The Labute approximate surface area is 127 Å². The molecule has 3 atom stereocenters. The van der Waals surface area contributed by atoms with Crippen LogP contribution in [-0.2, 0) is 9.53 Å². The monoisotopic (exact) mass is 295 g/mol. The first kappa shape index (κ1) is 15.3. The van der Waals surface area contributed by atoms with Gasteiger partial charge in [-0.15, -0.1) is 0 Å². The number of ether oxygens (including phenoxy) is 1. The van der Waals surface area contributed by atoms with E-state index >= 15 is 0 Å². The lowest BCUT2D eigenvalue weighted by Gasteiger charge is -2.34. The van der Waals surface area contributed by atoms with Crippen molar-refractivity contribution in [3.63, 3.8) is 0 Å². The van der Waals surface area contributed by atoms with E-state index in [0.29, 0.717) is 18.0 Å². The Morgan fingerprint density at radius 2 is 1.95 bits per heavy atom. The molecule has 3 aliphatic rings. The Bertz CT molecular complexity index is 369. The number of hydrogen-bond donors (Lipinski definition) is 1. The van der Waals surface area contributed by atoms with E-state index in [2.05, 4.69) is 16.7 Å². The summed E-state index contributed by atoms with van der Waals surface area (Å²) < 4.78 is 5.68. The average molecular weight is 295 g/mol. The highest BCUT2D eigenvalue weighted by Gasteiger charge is 2.39. The molecule has 0 bridgehead atoms. The van der Waals surface area contributed by atoms with Crippen molar-refractivity contribution < 1.29 is 9.53 Å². The largest absolute Gasteiger partial charge is 0.377 e. The van der Waals surface area contributed by atoms with Crippen molar-refractivity contribution in [3.05, 3.63) is 0 Å². The Hall–Kier alpha value is -0.650. The lowest BCUT2D eigenvalue weighted by Crippen LogP contribution is -2.47. The van der Waals surface area contributed by atoms with E-state index < -0.39 is 0 Å². The normalized spacial score (nSPS) is 35.5. The van der Waals surface area contributed by atoms with Crippen molar-refractivity contribution in [3.8, 4) is 0 Å². The molecule has 21 heavy (non-hydrogen) atoms. The summed E-state index contributed by atoms with van der Waals surface area (Å²) in [5.74, 6) is 0.430. The highest BCUT2D eigenvalue weighted by Crippen LogP contribution is 2.28. The SMILES string of the molecule is CCC1OCCC1C(=O)N1CCC(N2CCC(N)CC2)C1. The minimum atomic E-state index is 0.100. The van der Waals surface area contributed by atoms with Crippen LogP contribution >= 0.6 is 0 Å². The summed E-state index contributed by atoms with van der Waals surface area (Å²) in [5.41, 5.74) is 5.98. The number of rotatable bonds is 3. The molecule has 0 saturated carbocycles. The van der Waals surface area contributed by atoms with E-state index in [0.717, 1.165) is 64.9 Å². The van der Waals surface area contributed by atoms with Crippen LogP contribution < -0.4 is 5.73 Å². The van der Waals surface area contributed by atoms with E-state index in [9.17, 15) is 4.79 Å². The van der Waals surface area contributed by atoms with Crippen LogP contribution in [0.25, 0.3) is 0 Å². The smallest absolute Gasteiger partial charge is 0.228 e. The zero-order valence-corrected chi connectivity index (χ0v) is 13.2. The molecular weight excluding hydrogens is 266 g/mol. The van der Waals surface area contributed by atoms with Crippen LogP contribution in [0.5, 0.6) is 0 Å². The number of likely N-dealkylation sites (tertiary alicyclic amines) is 2. The molecule has 3 aliphatic heterocycles. The molecule has 2 N–H and O–H groups in total. The molecule has 3 rings (SSSR count). The molecule has 3 fully saturated rings. The van der Waals surface area contributed by atoms with E-state index in [-0.39, 0.29) is 12.0 Å². The van der Waals surface area contributed by atoms with Crippen molar-refractivity contribution in [1.82, 2.24) is 9.80 Å². The Balaban J connectivity index is 1.53. The quantitative estimate of drug-likeness (QED) is 0.838. The fourth-order valence-electron chi connectivity index (χ4n) is 4.09. The summed E-state index contributed by atoms with van der Waals surface area (Å²) in [6, 6.07) is 0.921. The maximum atomic E-state index is 12.7. The summed E-state index contributed by atoms with van der Waals surface area (Å²) in [7, 11) is 0. The van der Waals surface area contributed by atoms with Crippen molar-refractivity contribution in [2.45, 2.75) is 57.2 Å². The number of piperidine rings is 1. The fraction of sp³-hybridized carbons (Fsp3) is 0.938. The molecule has 3 heterocycles. The maximum absolute atomic E-state index is 12.7. The molecule has 0 aromatic heterocycles. The standard InChI is InChI=1S/C16H29N3O2/c1-2-15-14(6-10-21-15)16(20)19-9-5-13(11-19)18-7-3-12(17)4-8-18/h12-15H,2-11,17H2,1H3. The van der Waals surface area contributed by atoms with Crippen LogP contribution in [0.3, 0.4) is 0 Å². The third-order valence-corrected chi connectivity index (χ3v) is 5.49. The van der Waals surface area contributed by atoms with Crippen LogP contribution in [0.1, 0.15) is 39.0 Å². The summed E-state index contributed by atoms with van der Waals surface area (Å²) >= 11 is 0. The van der Waals surface area contributed by atoms with Gasteiger partial charge in [-0.25, -0.2) is 0 Å². The van der Waals surface area contributed by atoms with Crippen LogP contribution in [0.4, 0.5) is 0 Å². The third kappa shape index (κ3) is 3.25. The summed E-state index contributed by atoms with van der Waals surface area (Å²) in [4.78, 5) is 17.3. The van der Waals surface area contributed by atoms with E-state index in [1.165, 1.54) is 0 Å². The molecule has 0 aromatic carbocycles. The summed E-state index contributed by atoms with van der Waals surface area (Å²) in [6.07, 6.45) is 5.29. The minimum Gasteiger partial charge on any atom is -0.377 e. The fourth-order valence-corrected chi connectivity index (χ4v) is 4.09. The van der Waals surface area contributed by atoms with Gasteiger partial charge in [0.25, 0.3) is 0 Å². The first-order valence-electron chi connectivity index (χ1n) is 8.59. The molecule has 1 amide bonds. The summed E-state index contributed by atoms with van der Waals surface area (Å²) in [5, 5.41) is 0. The van der Waals surface area contributed by atoms with Crippen molar-refractivity contribution >= 4 is 5.91 Å². The van der Waals surface area contributed by atoms with Crippen LogP contribution in [0.15, 0.2) is 0 Å². The molecule has 0 aromatic rings. The van der Waals surface area contributed by atoms with E-state index in [1.807, 2.05) is 0 Å². The molecule has 0 aliphatic carbocycles. The Kier molecular flexibility index (Phi) is 4.82. The Morgan fingerprint density at radius 1 is 1.19 bits per heavy atom. The number of carbonyl (C=O) groups excluding carboxylic acids is 1. The first-order valence-corrected chi connectivity index (χ1v) is 8.59. The van der Waals surface area contributed by atoms with Crippen molar-refractivity contribution in [1.29, 1.82) is 0 Å². The van der Waals surface area contributed by atoms with Gasteiger partial charge in [0.2, 0.25) is 5.91 Å². The van der Waals surface area contributed by atoms with Gasteiger partial charge in [-0.1, -0.05) is 6.92 Å². The molecule has 0 radical (unpaired) electrons. The topological polar surface area (TPSA) is 58.8 Å². The Morgan fingerprint density at radius 3 is 2.67 bits per heavy atom. The summed E-state index contributed by atoms with van der Waals surface area (Å²) in [6.45, 7) is 6.87. The molecule has 5 nitrogen and oxygen atoms in total. The number of carbonyl (C=O) groups is 1. The van der Waals surface area contributed by atoms with Gasteiger partial charge >= 0.3 is 0 Å². The second kappa shape index (κ2) is 6.63. The third-order valence-electron chi connectivity index (χ3n) is 5.49. The predicted molar refractivity (Wildman–Crippen MR) is 81.9 cm³/mol. The van der Waals surface area contributed by atoms with Gasteiger partial charge in [-0.3, -0.25) is 9.69 Å². The number of hydrogen-bond acceptors (Lipinski definition) is 4. The van der Waals surface area contributed by atoms with Crippen LogP contribution in [0, 0.1) is 5.92 Å². The number of nitrogens with two attached hydrogens (primary N) is 1. The van der Waals surface area contributed by atoms with E-state index in [4.69, 9.17) is 10.5 Å². The average Bonchev–Trinajstić information content (AvgIpc) is 3.16. The lowest BCUT2D eigenvalue weighted by molar-refractivity contribution is -0.136. The lowest BCUT2D eigenvalue weighted by atomic mass is 9.98. The van der Waals surface area contributed by atoms with Gasteiger partial charge in [0, 0.05) is 31.8 Å². The van der Waals surface area contributed by atoms with Gasteiger partial charge in [0.1, 0.15) is 0 Å². The van der Waals surface area contributed by atoms with Crippen molar-refractivity contribution in [2.75, 3.05) is 32.8 Å². The highest BCUT2D eigenvalue weighted by atomic mass is 16.5. The molecule has 0 spiro atoms. The predicted octanol–water partition coefficient (Wildman–Crippen LogP) is 0.826. The second-order valence-electron chi connectivity index (χ2n) is 6.81. The van der Waals surface area contributed by atoms with Gasteiger partial charge in [-0.05, 0) is 45.2 Å². The molecule has 3 saturated heterocycles. The van der Waals surface area contributed by atoms with E-state index in [1.54, 1.807) is 0 Å². The van der Waals surface area contributed by atoms with Gasteiger partial charge in [-0.2, -0.15) is 0 Å². The first-order chi connectivity index (χ1) is 10.2. The molecule has 3 unspecified atom stereocenters. The second-order valence-corrected chi connectivity index (χ2v) is 6.81. The van der Waals surface area contributed by atoms with Gasteiger partial charge in [0.15, 0.2) is 0 Å². The number of nitrogens with zero attached hydrogens (tertiary/aromatic N) is 2. The number of amides is 1. The highest BCUT2D eigenvalue weighted by molar-refractivity contribution is 5.80. The minimum absolute atomic E-state index is 0.100. The van der Waals surface area contributed by atoms with Crippen LogP contribution in [-0.4, -0.2) is 66.7 Å². The van der Waals surface area contributed by atoms with Gasteiger partial charge < -0.3 is 15.4 Å². The molecule has 5 heteroatoms. The van der Waals surface area contributed by atoms with Crippen molar-refractivity contribution in [2.24, 2.45) is 11.7 Å². The maximum Gasteiger partial charge on any atom is 0.228 e.